The summed E-state index contributed by atoms with van der Waals surface area (Å²) in [7, 11) is 0. The van der Waals surface area contributed by atoms with Crippen molar-refractivity contribution < 1.29 is 0 Å². The van der Waals surface area contributed by atoms with Gasteiger partial charge in [0.2, 0.25) is 0 Å². The predicted octanol–water partition coefficient (Wildman–Crippen LogP) is 0.991. The third-order valence-corrected chi connectivity index (χ3v) is 2.00. The van der Waals surface area contributed by atoms with E-state index >= 15 is 0 Å². The molecule has 0 radical (unpaired) electrons. The van der Waals surface area contributed by atoms with Gasteiger partial charge >= 0.3 is 0 Å². The minimum Gasteiger partial charge on any atom is -0.330 e. The van der Waals surface area contributed by atoms with Gasteiger partial charge in [-0.1, -0.05) is 13.8 Å². The van der Waals surface area contributed by atoms with Gasteiger partial charge in [0.15, 0.2) is 0 Å². The molecule has 0 aromatic carbocycles. The summed E-state index contributed by atoms with van der Waals surface area (Å²) in [5, 5.41) is 0. The average molecular weight is 99.2 g/mol. The van der Waals surface area contributed by atoms with Crippen LogP contribution >= 0.6 is 0 Å². The second kappa shape index (κ2) is 1.22. The summed E-state index contributed by atoms with van der Waals surface area (Å²) in [6, 6.07) is 0. The van der Waals surface area contributed by atoms with Gasteiger partial charge in [0.05, 0.1) is 0 Å². The van der Waals surface area contributed by atoms with Gasteiger partial charge in [-0.25, -0.2) is 0 Å². The van der Waals surface area contributed by atoms with Gasteiger partial charge in [-0.2, -0.15) is 0 Å². The van der Waals surface area contributed by atoms with E-state index in [0.29, 0.717) is 5.41 Å². The molecule has 1 atom stereocenters. The Morgan fingerprint density at radius 3 is 2.14 bits per heavy atom. The Labute approximate surface area is 44.9 Å². The zero-order valence-corrected chi connectivity index (χ0v) is 5.07. The Hall–Kier alpha value is -0.0400. The second-order valence-electron chi connectivity index (χ2n) is 3.13. The van der Waals surface area contributed by atoms with Crippen molar-refractivity contribution in [2.24, 2.45) is 17.1 Å². The normalized spacial score (nSPS) is 35.6. The average Bonchev–Trinajstić information content (AvgIpc) is 2.13. The van der Waals surface area contributed by atoms with E-state index < -0.39 is 0 Å². The van der Waals surface area contributed by atoms with Crippen molar-refractivity contribution in [1.29, 1.82) is 0 Å². The largest absolute Gasteiger partial charge is 0.330 e. The van der Waals surface area contributed by atoms with Crippen molar-refractivity contribution in [3.05, 3.63) is 0 Å². The zero-order chi connectivity index (χ0) is 5.49. The molecule has 1 aliphatic carbocycles. The molecule has 1 heteroatoms. The summed E-state index contributed by atoms with van der Waals surface area (Å²) in [5.74, 6) is 0.826. The number of hydrogen-bond acceptors (Lipinski definition) is 1. The molecule has 0 aliphatic heterocycles. The van der Waals surface area contributed by atoms with Crippen molar-refractivity contribution in [1.82, 2.24) is 0 Å². The molecule has 0 spiro atoms. The van der Waals surface area contributed by atoms with Crippen LogP contribution in [0.5, 0.6) is 0 Å². The molecule has 1 nitrogen and oxygen atoms in total. The molecule has 0 amide bonds. The Kier molecular flexibility index (Phi) is 0.890. The minimum absolute atomic E-state index is 0.592. The first kappa shape index (κ1) is 5.10. The predicted molar refractivity (Wildman–Crippen MR) is 30.9 cm³/mol. The quantitative estimate of drug-likeness (QED) is 0.521. The highest BCUT2D eigenvalue weighted by Gasteiger charge is 2.43. The minimum atomic E-state index is 0.592. The summed E-state index contributed by atoms with van der Waals surface area (Å²) in [4.78, 5) is 0. The van der Waals surface area contributed by atoms with Gasteiger partial charge in [0, 0.05) is 0 Å². The molecule has 0 aromatic heterocycles. The topological polar surface area (TPSA) is 26.0 Å². The fourth-order valence-corrected chi connectivity index (χ4v) is 0.979. The van der Waals surface area contributed by atoms with E-state index in [4.69, 9.17) is 5.73 Å². The molecular formula is C6H13N. The lowest BCUT2D eigenvalue weighted by molar-refractivity contribution is 0.565. The van der Waals surface area contributed by atoms with Crippen LogP contribution in [0, 0.1) is 11.3 Å². The van der Waals surface area contributed by atoms with Crippen molar-refractivity contribution in [2.45, 2.75) is 20.3 Å². The zero-order valence-electron chi connectivity index (χ0n) is 5.07. The molecule has 0 bridgehead atoms. The van der Waals surface area contributed by atoms with Gasteiger partial charge in [-0.05, 0) is 24.3 Å². The highest BCUT2D eigenvalue weighted by molar-refractivity contribution is 4.95. The Bertz CT molecular complexity index is 76.2. The first-order valence-electron chi connectivity index (χ1n) is 2.87. The smallest absolute Gasteiger partial charge is 0.00436 e. The number of rotatable bonds is 1. The fraction of sp³-hybridized carbons (Fsp3) is 1.00. The first-order valence-corrected chi connectivity index (χ1v) is 2.87. The SMILES string of the molecule is CC1(C)CC1CN. The molecule has 7 heavy (non-hydrogen) atoms. The second-order valence-corrected chi connectivity index (χ2v) is 3.13. The Morgan fingerprint density at radius 2 is 2.14 bits per heavy atom. The Morgan fingerprint density at radius 1 is 1.71 bits per heavy atom. The molecule has 0 heterocycles. The molecule has 2 N–H and O–H groups in total. The van der Waals surface area contributed by atoms with Gasteiger partial charge in [0.1, 0.15) is 0 Å². The number of nitrogens with two attached hydrogens (primary N) is 1. The van der Waals surface area contributed by atoms with Crippen molar-refractivity contribution in [2.75, 3.05) is 6.54 Å². The third kappa shape index (κ3) is 0.778. The van der Waals surface area contributed by atoms with E-state index in [2.05, 4.69) is 13.8 Å². The van der Waals surface area contributed by atoms with Crippen LogP contribution < -0.4 is 5.73 Å². The molecule has 0 aromatic rings. The van der Waals surface area contributed by atoms with E-state index in [1.165, 1.54) is 6.42 Å². The third-order valence-electron chi connectivity index (χ3n) is 2.00. The van der Waals surface area contributed by atoms with Gasteiger partial charge in [-0.15, -0.1) is 0 Å². The summed E-state index contributed by atoms with van der Waals surface area (Å²) < 4.78 is 0. The highest BCUT2D eigenvalue weighted by Crippen LogP contribution is 2.50. The van der Waals surface area contributed by atoms with Crippen LogP contribution in [0.2, 0.25) is 0 Å². The standard InChI is InChI=1S/C6H13N/c1-6(2)3-5(6)4-7/h5H,3-4,7H2,1-2H3. The van der Waals surface area contributed by atoms with Gasteiger partial charge < -0.3 is 5.73 Å². The lowest BCUT2D eigenvalue weighted by atomic mass is 10.1. The molecule has 42 valence electrons. The summed E-state index contributed by atoms with van der Waals surface area (Å²) >= 11 is 0. The fourth-order valence-electron chi connectivity index (χ4n) is 0.979. The van der Waals surface area contributed by atoms with Crippen LogP contribution in [0.25, 0.3) is 0 Å². The molecule has 1 unspecified atom stereocenters. The summed E-state index contributed by atoms with van der Waals surface area (Å²) in [6.45, 7) is 5.42. The maximum atomic E-state index is 5.41. The van der Waals surface area contributed by atoms with E-state index in [0.717, 1.165) is 12.5 Å². The molecule has 1 fully saturated rings. The molecule has 1 saturated carbocycles. The lowest BCUT2D eigenvalue weighted by Crippen LogP contribution is -2.04. The van der Waals surface area contributed by atoms with Crippen LogP contribution in [-0.4, -0.2) is 6.54 Å². The van der Waals surface area contributed by atoms with Crippen LogP contribution in [0.4, 0.5) is 0 Å². The lowest BCUT2D eigenvalue weighted by Gasteiger charge is -1.95. The Balaban J connectivity index is 2.30. The van der Waals surface area contributed by atoms with Gasteiger partial charge in [-0.3, -0.25) is 0 Å². The van der Waals surface area contributed by atoms with E-state index in [1.54, 1.807) is 0 Å². The summed E-state index contributed by atoms with van der Waals surface area (Å²) in [5.41, 5.74) is 6.00. The summed E-state index contributed by atoms with van der Waals surface area (Å²) in [6.07, 6.45) is 1.34. The molecular weight excluding hydrogens is 86.1 g/mol. The van der Waals surface area contributed by atoms with Crippen molar-refractivity contribution in [3.63, 3.8) is 0 Å². The first-order chi connectivity index (χ1) is 3.17. The monoisotopic (exact) mass is 99.1 g/mol. The highest BCUT2D eigenvalue weighted by atomic mass is 14.6. The maximum absolute atomic E-state index is 5.41. The molecule has 0 saturated heterocycles. The number of hydrogen-bond donors (Lipinski definition) is 1. The van der Waals surface area contributed by atoms with E-state index in [9.17, 15) is 0 Å². The molecule has 1 rings (SSSR count). The van der Waals surface area contributed by atoms with E-state index in [-0.39, 0.29) is 0 Å². The van der Waals surface area contributed by atoms with Crippen LogP contribution in [0.3, 0.4) is 0 Å². The van der Waals surface area contributed by atoms with E-state index in [1.807, 2.05) is 0 Å². The van der Waals surface area contributed by atoms with Crippen LogP contribution in [-0.2, 0) is 0 Å². The van der Waals surface area contributed by atoms with Crippen LogP contribution in [0.1, 0.15) is 20.3 Å². The van der Waals surface area contributed by atoms with Gasteiger partial charge in [0.25, 0.3) is 0 Å². The molecule has 1 aliphatic rings. The maximum Gasteiger partial charge on any atom is -0.00436 e. The van der Waals surface area contributed by atoms with Crippen molar-refractivity contribution in [3.8, 4) is 0 Å². The van der Waals surface area contributed by atoms with Crippen LogP contribution in [0.15, 0.2) is 0 Å². The van der Waals surface area contributed by atoms with Crippen molar-refractivity contribution >= 4 is 0 Å².